The predicted molar refractivity (Wildman–Crippen MR) is 91.8 cm³/mol. The molecule has 0 bridgehead atoms. The van der Waals surface area contributed by atoms with Gasteiger partial charge in [0.05, 0.1) is 11.1 Å². The first-order valence-electron chi connectivity index (χ1n) is 7.96. The Bertz CT molecular complexity index is 920. The van der Waals surface area contributed by atoms with Gasteiger partial charge in [0.1, 0.15) is 11.5 Å². The maximum Gasteiger partial charge on any atom is 0.308 e. The van der Waals surface area contributed by atoms with Crippen LogP contribution >= 0.6 is 0 Å². The second-order valence-electron chi connectivity index (χ2n) is 6.05. The van der Waals surface area contributed by atoms with E-state index in [9.17, 15) is 19.2 Å². The standard InChI is InChI=1S/C20H16O6/c1-9-10(2)20(26-12(4)22)16-15(19(9)25-11(3)21)17(23)13-7-5-6-8-14(13)18(16)24/h5-8H,1-4H3. The summed E-state index contributed by atoms with van der Waals surface area (Å²) in [6.45, 7) is 5.70. The molecule has 0 heterocycles. The van der Waals surface area contributed by atoms with Gasteiger partial charge in [-0.1, -0.05) is 24.3 Å². The number of fused-ring (bicyclic) bond motifs is 2. The van der Waals surface area contributed by atoms with Crippen molar-refractivity contribution < 1.29 is 28.7 Å². The molecule has 6 heteroatoms. The van der Waals surface area contributed by atoms with Crippen molar-refractivity contribution in [3.05, 3.63) is 57.6 Å². The maximum absolute atomic E-state index is 13.1. The van der Waals surface area contributed by atoms with Crippen LogP contribution in [0.25, 0.3) is 0 Å². The van der Waals surface area contributed by atoms with Crippen LogP contribution in [0.4, 0.5) is 0 Å². The SMILES string of the molecule is CC(=O)Oc1c(C)c(C)c(OC(C)=O)c2c1C(=O)c1ccccc1C2=O. The molecule has 26 heavy (non-hydrogen) atoms. The molecule has 0 radical (unpaired) electrons. The van der Waals surface area contributed by atoms with Crippen LogP contribution in [0.1, 0.15) is 56.8 Å². The van der Waals surface area contributed by atoms with Crippen LogP contribution in [0.3, 0.4) is 0 Å². The lowest BCUT2D eigenvalue weighted by atomic mass is 9.81. The van der Waals surface area contributed by atoms with Gasteiger partial charge in [0, 0.05) is 25.0 Å². The van der Waals surface area contributed by atoms with Gasteiger partial charge in [0.25, 0.3) is 0 Å². The monoisotopic (exact) mass is 352 g/mol. The van der Waals surface area contributed by atoms with E-state index in [1.165, 1.54) is 26.0 Å². The van der Waals surface area contributed by atoms with Crippen molar-refractivity contribution in [1.29, 1.82) is 0 Å². The van der Waals surface area contributed by atoms with Crippen LogP contribution in [0.15, 0.2) is 24.3 Å². The summed E-state index contributed by atoms with van der Waals surface area (Å²) < 4.78 is 10.5. The number of hydrogen-bond acceptors (Lipinski definition) is 6. The summed E-state index contributed by atoms with van der Waals surface area (Å²) in [4.78, 5) is 49.3. The van der Waals surface area contributed by atoms with Gasteiger partial charge in [-0.3, -0.25) is 19.2 Å². The lowest BCUT2D eigenvalue weighted by Gasteiger charge is -2.24. The van der Waals surface area contributed by atoms with Crippen LogP contribution < -0.4 is 9.47 Å². The summed E-state index contributed by atoms with van der Waals surface area (Å²) in [5.74, 6) is -2.10. The summed E-state index contributed by atoms with van der Waals surface area (Å²) in [6.07, 6.45) is 0. The van der Waals surface area contributed by atoms with Crippen molar-refractivity contribution >= 4 is 23.5 Å². The van der Waals surface area contributed by atoms with Crippen molar-refractivity contribution in [1.82, 2.24) is 0 Å². The normalized spacial score (nSPS) is 12.3. The molecule has 0 saturated carbocycles. The molecule has 0 fully saturated rings. The number of hydrogen-bond donors (Lipinski definition) is 0. The minimum absolute atomic E-state index is 0.0220. The molecule has 0 atom stereocenters. The van der Waals surface area contributed by atoms with E-state index in [1.54, 1.807) is 26.0 Å². The molecule has 1 aliphatic carbocycles. The van der Waals surface area contributed by atoms with E-state index in [2.05, 4.69) is 0 Å². The highest BCUT2D eigenvalue weighted by molar-refractivity contribution is 6.30. The first-order valence-corrected chi connectivity index (χ1v) is 7.96. The van der Waals surface area contributed by atoms with Gasteiger partial charge in [-0.05, 0) is 25.0 Å². The van der Waals surface area contributed by atoms with Crippen molar-refractivity contribution in [3.63, 3.8) is 0 Å². The third-order valence-electron chi connectivity index (χ3n) is 4.31. The fourth-order valence-electron chi connectivity index (χ4n) is 3.07. The van der Waals surface area contributed by atoms with Crippen LogP contribution in [-0.2, 0) is 9.59 Å². The molecule has 2 aromatic carbocycles. The minimum atomic E-state index is -0.617. The Kier molecular flexibility index (Phi) is 4.20. The lowest BCUT2D eigenvalue weighted by molar-refractivity contribution is -0.133. The number of rotatable bonds is 2. The van der Waals surface area contributed by atoms with E-state index >= 15 is 0 Å². The number of esters is 2. The minimum Gasteiger partial charge on any atom is -0.426 e. The van der Waals surface area contributed by atoms with E-state index < -0.39 is 23.5 Å². The van der Waals surface area contributed by atoms with E-state index in [-0.39, 0.29) is 33.8 Å². The van der Waals surface area contributed by atoms with Gasteiger partial charge in [-0.2, -0.15) is 0 Å². The molecule has 0 aromatic heterocycles. The molecule has 6 nitrogen and oxygen atoms in total. The second kappa shape index (κ2) is 6.22. The van der Waals surface area contributed by atoms with Gasteiger partial charge < -0.3 is 9.47 Å². The summed E-state index contributed by atoms with van der Waals surface area (Å²) in [7, 11) is 0. The van der Waals surface area contributed by atoms with Gasteiger partial charge in [-0.15, -0.1) is 0 Å². The Hall–Kier alpha value is -3.28. The molecule has 2 aromatic rings. The molecule has 0 amide bonds. The van der Waals surface area contributed by atoms with Crippen molar-refractivity contribution in [2.45, 2.75) is 27.7 Å². The van der Waals surface area contributed by atoms with E-state index in [0.717, 1.165) is 0 Å². The zero-order valence-electron chi connectivity index (χ0n) is 14.8. The van der Waals surface area contributed by atoms with Crippen molar-refractivity contribution in [2.75, 3.05) is 0 Å². The van der Waals surface area contributed by atoms with Gasteiger partial charge >= 0.3 is 11.9 Å². The average molecular weight is 352 g/mol. The van der Waals surface area contributed by atoms with Crippen LogP contribution in [0.5, 0.6) is 11.5 Å². The highest BCUT2D eigenvalue weighted by atomic mass is 16.5. The van der Waals surface area contributed by atoms with Crippen LogP contribution in [0.2, 0.25) is 0 Å². The Morgan fingerprint density at radius 2 is 1.08 bits per heavy atom. The third-order valence-corrected chi connectivity index (χ3v) is 4.31. The molecule has 3 rings (SSSR count). The first kappa shape index (κ1) is 17.5. The maximum atomic E-state index is 13.1. The van der Waals surface area contributed by atoms with Crippen molar-refractivity contribution in [2.24, 2.45) is 0 Å². The summed E-state index contributed by atoms with van der Waals surface area (Å²) in [6, 6.07) is 6.37. The molecular weight excluding hydrogens is 336 g/mol. The molecule has 0 spiro atoms. The third kappa shape index (κ3) is 2.60. The number of benzene rings is 2. The zero-order chi connectivity index (χ0) is 19.2. The number of ketones is 2. The second-order valence-corrected chi connectivity index (χ2v) is 6.05. The summed E-state index contributed by atoms with van der Waals surface area (Å²) in [5.41, 5.74) is 1.24. The molecular formula is C20H16O6. The molecule has 0 N–H and O–H groups in total. The summed E-state index contributed by atoms with van der Waals surface area (Å²) >= 11 is 0. The largest absolute Gasteiger partial charge is 0.426 e. The molecule has 0 saturated heterocycles. The lowest BCUT2D eigenvalue weighted by Crippen LogP contribution is -2.25. The first-order chi connectivity index (χ1) is 12.2. The zero-order valence-corrected chi connectivity index (χ0v) is 14.8. The van der Waals surface area contributed by atoms with Crippen molar-refractivity contribution in [3.8, 4) is 11.5 Å². The van der Waals surface area contributed by atoms with E-state index in [1.807, 2.05) is 0 Å². The Labute approximate surface area is 149 Å². The predicted octanol–water partition coefficient (Wildman–Crippen LogP) is 2.93. The number of carbonyl (C=O) groups is 4. The topological polar surface area (TPSA) is 86.7 Å². The molecule has 1 aliphatic rings. The quantitative estimate of drug-likeness (QED) is 0.521. The highest BCUT2D eigenvalue weighted by Gasteiger charge is 2.38. The van der Waals surface area contributed by atoms with Crippen LogP contribution in [0, 0.1) is 13.8 Å². The van der Waals surface area contributed by atoms with E-state index in [0.29, 0.717) is 11.1 Å². The van der Waals surface area contributed by atoms with Crippen LogP contribution in [-0.4, -0.2) is 23.5 Å². The Morgan fingerprint density at radius 3 is 1.38 bits per heavy atom. The molecule has 0 aliphatic heterocycles. The molecule has 132 valence electrons. The number of carbonyl (C=O) groups excluding carboxylic acids is 4. The van der Waals surface area contributed by atoms with E-state index in [4.69, 9.17) is 9.47 Å². The molecule has 0 unspecified atom stereocenters. The Balaban J connectivity index is 2.43. The summed E-state index contributed by atoms with van der Waals surface area (Å²) in [5, 5.41) is 0. The highest BCUT2D eigenvalue weighted by Crippen LogP contribution is 2.43. The number of ether oxygens (including phenoxy) is 2. The Morgan fingerprint density at radius 1 is 0.731 bits per heavy atom. The van der Waals surface area contributed by atoms with Gasteiger partial charge in [-0.25, -0.2) is 0 Å². The average Bonchev–Trinajstić information content (AvgIpc) is 2.58. The van der Waals surface area contributed by atoms with Gasteiger partial charge in [0.15, 0.2) is 11.6 Å². The fraction of sp³-hybridized carbons (Fsp3) is 0.200. The van der Waals surface area contributed by atoms with Gasteiger partial charge in [0.2, 0.25) is 0 Å². The smallest absolute Gasteiger partial charge is 0.308 e. The fourth-order valence-corrected chi connectivity index (χ4v) is 3.07.